The van der Waals surface area contributed by atoms with E-state index in [1.54, 1.807) is 17.0 Å². The lowest BCUT2D eigenvalue weighted by atomic mass is 10.0. The molecule has 0 spiro atoms. The smallest absolute Gasteiger partial charge is 0.254 e. The van der Waals surface area contributed by atoms with Crippen molar-refractivity contribution in [2.45, 2.75) is 24.3 Å². The molecule has 0 radical (unpaired) electrons. The number of sulfonamides is 1. The van der Waals surface area contributed by atoms with Gasteiger partial charge < -0.3 is 14.4 Å². The summed E-state index contributed by atoms with van der Waals surface area (Å²) in [6, 6.07) is 6.28. The average Bonchev–Trinajstić information content (AvgIpc) is 2.62. The van der Waals surface area contributed by atoms with Crippen LogP contribution in [0.1, 0.15) is 24.2 Å². The molecule has 0 aromatic heterocycles. The quantitative estimate of drug-likeness (QED) is 0.794. The van der Waals surface area contributed by atoms with Gasteiger partial charge in [-0.3, -0.25) is 4.79 Å². The van der Waals surface area contributed by atoms with Gasteiger partial charge in [0.2, 0.25) is 10.0 Å². The van der Waals surface area contributed by atoms with E-state index in [0.29, 0.717) is 51.6 Å². The maximum Gasteiger partial charge on any atom is 0.254 e. The Labute approximate surface area is 148 Å². The molecular formula is C17H24N2O5S. The Balaban J connectivity index is 1.87. The molecule has 25 heavy (non-hydrogen) atoms. The molecule has 7 nitrogen and oxygen atoms in total. The monoisotopic (exact) mass is 368 g/mol. The van der Waals surface area contributed by atoms with Crippen molar-refractivity contribution in [2.75, 3.05) is 46.1 Å². The summed E-state index contributed by atoms with van der Waals surface area (Å²) in [5.74, 6) is -0.174. The van der Waals surface area contributed by atoms with Crippen molar-refractivity contribution in [2.24, 2.45) is 0 Å². The summed E-state index contributed by atoms with van der Waals surface area (Å²) in [6.45, 7) is 6.77. The van der Waals surface area contributed by atoms with Crippen molar-refractivity contribution in [1.82, 2.24) is 9.21 Å². The van der Waals surface area contributed by atoms with Crippen LogP contribution in [0, 0.1) is 0 Å². The highest BCUT2D eigenvalue weighted by atomic mass is 32.2. The van der Waals surface area contributed by atoms with Crippen LogP contribution in [-0.2, 0) is 19.5 Å². The van der Waals surface area contributed by atoms with E-state index in [4.69, 9.17) is 9.47 Å². The van der Waals surface area contributed by atoms with Crippen LogP contribution in [0.25, 0.3) is 0 Å². The van der Waals surface area contributed by atoms with Crippen LogP contribution in [0.5, 0.6) is 0 Å². The summed E-state index contributed by atoms with van der Waals surface area (Å²) in [4.78, 5) is 14.8. The number of amides is 1. The number of hydrogen-bond donors (Lipinski definition) is 0. The van der Waals surface area contributed by atoms with E-state index in [9.17, 15) is 13.2 Å². The zero-order valence-corrected chi connectivity index (χ0v) is 15.4. The molecule has 2 aliphatic rings. The molecule has 8 heteroatoms. The first-order valence-corrected chi connectivity index (χ1v) is 9.84. The lowest BCUT2D eigenvalue weighted by Gasteiger charge is -2.42. The Morgan fingerprint density at radius 2 is 1.76 bits per heavy atom. The Morgan fingerprint density at radius 1 is 1.08 bits per heavy atom. The summed E-state index contributed by atoms with van der Waals surface area (Å²) < 4.78 is 37.7. The minimum Gasteiger partial charge on any atom is -0.379 e. The normalized spacial score (nSPS) is 21.9. The molecule has 0 aliphatic carbocycles. The number of rotatable bonds is 3. The molecule has 2 heterocycles. The molecule has 0 N–H and O–H groups in total. The fraction of sp³-hybridized carbons (Fsp3) is 0.588. The molecule has 3 rings (SSSR count). The van der Waals surface area contributed by atoms with Crippen molar-refractivity contribution in [3.63, 3.8) is 0 Å². The Bertz CT molecular complexity index is 741. The highest BCUT2D eigenvalue weighted by molar-refractivity contribution is 7.89. The minimum atomic E-state index is -3.62. The topological polar surface area (TPSA) is 76.2 Å². The maximum absolute atomic E-state index is 12.9. The standard InChI is InChI=1S/C17H24N2O5S/c1-17(2)13-24-11-8-19(17)16(20)14-4-3-5-15(12-14)25(21,22)18-6-9-23-10-7-18/h3-5,12H,6-11,13H2,1-2H3. The third-order valence-electron chi connectivity index (χ3n) is 4.58. The van der Waals surface area contributed by atoms with Crippen LogP contribution >= 0.6 is 0 Å². The average molecular weight is 368 g/mol. The molecule has 1 aromatic rings. The van der Waals surface area contributed by atoms with Gasteiger partial charge in [0.05, 0.1) is 36.9 Å². The SMILES string of the molecule is CC1(C)COCCN1C(=O)c1cccc(S(=O)(=O)N2CCOCC2)c1. The Morgan fingerprint density at radius 3 is 2.44 bits per heavy atom. The fourth-order valence-corrected chi connectivity index (χ4v) is 4.57. The van der Waals surface area contributed by atoms with E-state index in [0.717, 1.165) is 0 Å². The molecule has 2 saturated heterocycles. The number of ether oxygens (including phenoxy) is 2. The highest BCUT2D eigenvalue weighted by Crippen LogP contribution is 2.24. The molecule has 1 amide bonds. The van der Waals surface area contributed by atoms with Gasteiger partial charge in [-0.1, -0.05) is 6.07 Å². The van der Waals surface area contributed by atoms with Crippen LogP contribution < -0.4 is 0 Å². The molecule has 0 unspecified atom stereocenters. The van der Waals surface area contributed by atoms with Gasteiger partial charge in [0, 0.05) is 25.2 Å². The van der Waals surface area contributed by atoms with Crippen molar-refractivity contribution in [3.8, 4) is 0 Å². The fourth-order valence-electron chi connectivity index (χ4n) is 3.12. The van der Waals surface area contributed by atoms with Gasteiger partial charge in [0.1, 0.15) is 0 Å². The number of morpholine rings is 2. The molecule has 0 saturated carbocycles. The van der Waals surface area contributed by atoms with Gasteiger partial charge in [0.15, 0.2) is 0 Å². The second kappa shape index (κ2) is 7.03. The van der Waals surface area contributed by atoms with Crippen molar-refractivity contribution >= 4 is 15.9 Å². The Kier molecular flexibility index (Phi) is 5.15. The van der Waals surface area contributed by atoms with Gasteiger partial charge in [-0.2, -0.15) is 4.31 Å². The minimum absolute atomic E-state index is 0.145. The number of nitrogens with zero attached hydrogens (tertiary/aromatic N) is 2. The van der Waals surface area contributed by atoms with E-state index in [1.807, 2.05) is 13.8 Å². The first kappa shape index (κ1) is 18.3. The molecule has 2 aliphatic heterocycles. The van der Waals surface area contributed by atoms with E-state index in [1.165, 1.54) is 16.4 Å². The summed E-state index contributed by atoms with van der Waals surface area (Å²) in [7, 11) is -3.62. The van der Waals surface area contributed by atoms with Crippen LogP contribution in [-0.4, -0.2) is 75.1 Å². The zero-order chi connectivity index (χ0) is 18.1. The maximum atomic E-state index is 12.9. The van der Waals surface area contributed by atoms with Gasteiger partial charge in [-0.05, 0) is 32.0 Å². The van der Waals surface area contributed by atoms with Gasteiger partial charge >= 0.3 is 0 Å². The Hall–Kier alpha value is -1.48. The first-order chi connectivity index (χ1) is 11.8. The van der Waals surface area contributed by atoms with Crippen LogP contribution in [0.2, 0.25) is 0 Å². The van der Waals surface area contributed by atoms with Crippen LogP contribution in [0.15, 0.2) is 29.2 Å². The highest BCUT2D eigenvalue weighted by Gasteiger charge is 2.35. The second-order valence-corrected chi connectivity index (χ2v) is 8.80. The number of carbonyl (C=O) groups is 1. The number of hydrogen-bond acceptors (Lipinski definition) is 5. The van der Waals surface area contributed by atoms with Crippen molar-refractivity contribution in [1.29, 1.82) is 0 Å². The lowest BCUT2D eigenvalue weighted by molar-refractivity contribution is -0.0370. The molecule has 0 bridgehead atoms. The molecular weight excluding hydrogens is 344 g/mol. The first-order valence-electron chi connectivity index (χ1n) is 8.40. The predicted octanol–water partition coefficient (Wildman–Crippen LogP) is 0.958. The summed E-state index contributed by atoms with van der Waals surface area (Å²) in [6.07, 6.45) is 0. The summed E-state index contributed by atoms with van der Waals surface area (Å²) in [5.41, 5.74) is -0.0432. The summed E-state index contributed by atoms with van der Waals surface area (Å²) in [5, 5.41) is 0. The van der Waals surface area contributed by atoms with Gasteiger partial charge in [-0.25, -0.2) is 8.42 Å². The van der Waals surface area contributed by atoms with E-state index in [-0.39, 0.29) is 10.8 Å². The molecule has 2 fully saturated rings. The van der Waals surface area contributed by atoms with E-state index >= 15 is 0 Å². The number of benzene rings is 1. The predicted molar refractivity (Wildman–Crippen MR) is 92.0 cm³/mol. The summed E-state index contributed by atoms with van der Waals surface area (Å²) >= 11 is 0. The van der Waals surface area contributed by atoms with Gasteiger partial charge in [0.25, 0.3) is 5.91 Å². The second-order valence-electron chi connectivity index (χ2n) is 6.87. The van der Waals surface area contributed by atoms with Crippen LogP contribution in [0.4, 0.5) is 0 Å². The van der Waals surface area contributed by atoms with Gasteiger partial charge in [-0.15, -0.1) is 0 Å². The molecule has 138 valence electrons. The third-order valence-corrected chi connectivity index (χ3v) is 6.47. The molecule has 0 atom stereocenters. The largest absolute Gasteiger partial charge is 0.379 e. The zero-order valence-electron chi connectivity index (χ0n) is 14.6. The molecule has 1 aromatic carbocycles. The van der Waals surface area contributed by atoms with Crippen LogP contribution in [0.3, 0.4) is 0 Å². The van der Waals surface area contributed by atoms with E-state index in [2.05, 4.69) is 0 Å². The van der Waals surface area contributed by atoms with Crippen molar-refractivity contribution in [3.05, 3.63) is 29.8 Å². The number of carbonyl (C=O) groups excluding carboxylic acids is 1. The van der Waals surface area contributed by atoms with E-state index < -0.39 is 15.6 Å². The lowest BCUT2D eigenvalue weighted by Crippen LogP contribution is -2.55. The van der Waals surface area contributed by atoms with Crippen molar-refractivity contribution < 1.29 is 22.7 Å². The third kappa shape index (κ3) is 3.72.